The molecule has 1 unspecified atom stereocenters. The Balaban J connectivity index is 1.69. The van der Waals surface area contributed by atoms with Crippen molar-refractivity contribution in [2.45, 2.75) is 18.9 Å². The predicted octanol–water partition coefficient (Wildman–Crippen LogP) is 4.19. The second kappa shape index (κ2) is 6.10. The third kappa shape index (κ3) is 3.20. The van der Waals surface area contributed by atoms with Crippen LogP contribution in [0.2, 0.25) is 0 Å². The smallest absolute Gasteiger partial charge is 0.0666 e. The van der Waals surface area contributed by atoms with Crippen LogP contribution in [-0.4, -0.2) is 19.8 Å². The van der Waals surface area contributed by atoms with Gasteiger partial charge < -0.3 is 10.1 Å². The maximum absolute atomic E-state index is 5.31. The highest BCUT2D eigenvalue weighted by Crippen LogP contribution is 2.34. The van der Waals surface area contributed by atoms with Gasteiger partial charge in [-0.1, -0.05) is 42.5 Å². The van der Waals surface area contributed by atoms with Gasteiger partial charge in [-0.15, -0.1) is 0 Å². The maximum atomic E-state index is 5.31. The van der Waals surface area contributed by atoms with Crippen LogP contribution < -0.4 is 5.32 Å². The maximum Gasteiger partial charge on any atom is 0.0666 e. The Bertz CT molecular complexity index is 531. The Kier molecular flexibility index (Phi) is 4.03. The van der Waals surface area contributed by atoms with Crippen molar-refractivity contribution in [3.63, 3.8) is 0 Å². The van der Waals surface area contributed by atoms with Crippen LogP contribution in [0.25, 0.3) is 11.1 Å². The molecule has 0 saturated heterocycles. The summed E-state index contributed by atoms with van der Waals surface area (Å²) in [5.41, 5.74) is 3.69. The van der Waals surface area contributed by atoms with Gasteiger partial charge in [-0.3, -0.25) is 0 Å². The van der Waals surface area contributed by atoms with Crippen molar-refractivity contribution in [2.75, 3.05) is 19.0 Å². The lowest BCUT2D eigenvalue weighted by molar-refractivity contribution is 0.179. The van der Waals surface area contributed by atoms with Crippen molar-refractivity contribution in [1.82, 2.24) is 0 Å². The van der Waals surface area contributed by atoms with E-state index >= 15 is 0 Å². The van der Waals surface area contributed by atoms with Crippen molar-refractivity contribution >= 4 is 5.69 Å². The second-order valence-corrected chi connectivity index (χ2v) is 5.49. The van der Waals surface area contributed by atoms with Gasteiger partial charge in [0.05, 0.1) is 12.6 Å². The Hall–Kier alpha value is -1.80. The Morgan fingerprint density at radius 1 is 1.00 bits per heavy atom. The van der Waals surface area contributed by atoms with Crippen LogP contribution in [0.5, 0.6) is 0 Å². The highest BCUT2D eigenvalue weighted by atomic mass is 16.5. The number of methoxy groups -OCH3 is 1. The van der Waals surface area contributed by atoms with E-state index in [1.807, 2.05) is 6.07 Å². The largest absolute Gasteiger partial charge is 0.383 e. The lowest BCUT2D eigenvalue weighted by Crippen LogP contribution is -2.27. The molecule has 1 aliphatic carbocycles. The van der Waals surface area contributed by atoms with Gasteiger partial charge in [0.25, 0.3) is 0 Å². The molecule has 104 valence electrons. The predicted molar refractivity (Wildman–Crippen MR) is 83.9 cm³/mol. The van der Waals surface area contributed by atoms with E-state index in [4.69, 9.17) is 4.74 Å². The average Bonchev–Trinajstić information content (AvgIpc) is 3.33. The number of ether oxygens (including phenoxy) is 1. The van der Waals surface area contributed by atoms with Gasteiger partial charge in [-0.05, 0) is 42.0 Å². The molecule has 1 saturated carbocycles. The van der Waals surface area contributed by atoms with Crippen LogP contribution in [-0.2, 0) is 4.74 Å². The normalized spacial score (nSPS) is 15.8. The number of rotatable bonds is 6. The third-order valence-electron chi connectivity index (χ3n) is 3.88. The van der Waals surface area contributed by atoms with Crippen LogP contribution in [0.1, 0.15) is 12.8 Å². The minimum absolute atomic E-state index is 0.447. The van der Waals surface area contributed by atoms with Gasteiger partial charge in [-0.2, -0.15) is 0 Å². The molecule has 0 radical (unpaired) electrons. The summed E-state index contributed by atoms with van der Waals surface area (Å²) in [6, 6.07) is 19.6. The fraction of sp³-hybridized carbons (Fsp3) is 0.333. The van der Waals surface area contributed by atoms with Gasteiger partial charge >= 0.3 is 0 Å². The van der Waals surface area contributed by atoms with Gasteiger partial charge in [-0.25, -0.2) is 0 Å². The summed E-state index contributed by atoms with van der Waals surface area (Å²) in [5.74, 6) is 0.781. The highest BCUT2D eigenvalue weighted by molar-refractivity contribution is 5.65. The zero-order valence-electron chi connectivity index (χ0n) is 11.9. The molecule has 0 bridgehead atoms. The van der Waals surface area contributed by atoms with E-state index in [0.29, 0.717) is 6.04 Å². The molecule has 0 amide bonds. The van der Waals surface area contributed by atoms with E-state index < -0.39 is 0 Å². The number of hydrogen-bond acceptors (Lipinski definition) is 2. The van der Waals surface area contributed by atoms with Crippen LogP contribution in [0.3, 0.4) is 0 Å². The van der Waals surface area contributed by atoms with Gasteiger partial charge in [0.1, 0.15) is 0 Å². The number of anilines is 1. The van der Waals surface area contributed by atoms with Crippen molar-refractivity contribution in [2.24, 2.45) is 5.92 Å². The van der Waals surface area contributed by atoms with Crippen LogP contribution in [0.15, 0.2) is 54.6 Å². The number of nitrogens with one attached hydrogen (secondary N) is 1. The second-order valence-electron chi connectivity index (χ2n) is 5.49. The first-order valence-corrected chi connectivity index (χ1v) is 7.28. The van der Waals surface area contributed by atoms with Crippen LogP contribution in [0.4, 0.5) is 5.69 Å². The summed E-state index contributed by atoms with van der Waals surface area (Å²) in [6.45, 7) is 0.783. The van der Waals surface area contributed by atoms with E-state index in [9.17, 15) is 0 Å². The van der Waals surface area contributed by atoms with E-state index in [-0.39, 0.29) is 0 Å². The van der Waals surface area contributed by atoms with E-state index in [1.165, 1.54) is 29.7 Å². The molecule has 1 aliphatic rings. The molecule has 2 aromatic carbocycles. The fourth-order valence-electron chi connectivity index (χ4n) is 2.58. The molecule has 2 aromatic rings. The molecule has 0 aliphatic heterocycles. The fourth-order valence-corrected chi connectivity index (χ4v) is 2.58. The topological polar surface area (TPSA) is 21.3 Å². The summed E-state index contributed by atoms with van der Waals surface area (Å²) in [7, 11) is 1.77. The molecule has 2 nitrogen and oxygen atoms in total. The van der Waals surface area contributed by atoms with E-state index in [2.05, 4.69) is 53.8 Å². The Morgan fingerprint density at radius 3 is 2.25 bits per heavy atom. The third-order valence-corrected chi connectivity index (χ3v) is 3.88. The first-order chi connectivity index (χ1) is 9.86. The molecule has 1 N–H and O–H groups in total. The molecule has 20 heavy (non-hydrogen) atoms. The summed E-state index contributed by atoms with van der Waals surface area (Å²) in [5, 5.41) is 3.60. The standard InChI is InChI=1S/C18H21NO/c1-20-13-18(16-7-8-16)19-17-11-9-15(10-12-17)14-5-3-2-4-6-14/h2-6,9-12,16,18-19H,7-8,13H2,1H3. The minimum Gasteiger partial charge on any atom is -0.383 e. The molecular weight excluding hydrogens is 246 g/mol. The molecule has 1 atom stereocenters. The van der Waals surface area contributed by atoms with Gasteiger partial charge in [0.15, 0.2) is 0 Å². The minimum atomic E-state index is 0.447. The molecule has 1 fully saturated rings. The van der Waals surface area contributed by atoms with Gasteiger partial charge in [0, 0.05) is 12.8 Å². The first kappa shape index (κ1) is 13.2. The van der Waals surface area contributed by atoms with Crippen molar-refractivity contribution in [3.8, 4) is 11.1 Å². The van der Waals surface area contributed by atoms with Crippen molar-refractivity contribution in [3.05, 3.63) is 54.6 Å². The molecule has 3 rings (SSSR count). The molecule has 0 heterocycles. The van der Waals surface area contributed by atoms with E-state index in [0.717, 1.165) is 12.5 Å². The average molecular weight is 267 g/mol. The monoisotopic (exact) mass is 267 g/mol. The van der Waals surface area contributed by atoms with Crippen LogP contribution >= 0.6 is 0 Å². The number of hydrogen-bond donors (Lipinski definition) is 1. The first-order valence-electron chi connectivity index (χ1n) is 7.28. The summed E-state index contributed by atoms with van der Waals surface area (Å²) < 4.78 is 5.31. The summed E-state index contributed by atoms with van der Waals surface area (Å²) >= 11 is 0. The Labute approximate surface area is 120 Å². The van der Waals surface area contributed by atoms with E-state index in [1.54, 1.807) is 7.11 Å². The highest BCUT2D eigenvalue weighted by Gasteiger charge is 2.30. The lowest BCUT2D eigenvalue weighted by Gasteiger charge is -2.18. The lowest BCUT2D eigenvalue weighted by atomic mass is 10.1. The number of benzene rings is 2. The van der Waals surface area contributed by atoms with Crippen molar-refractivity contribution < 1.29 is 4.74 Å². The summed E-state index contributed by atoms with van der Waals surface area (Å²) in [6.07, 6.45) is 2.65. The molecular formula is C18H21NO. The zero-order valence-corrected chi connectivity index (χ0v) is 11.9. The molecule has 2 heteroatoms. The van der Waals surface area contributed by atoms with Crippen molar-refractivity contribution in [1.29, 1.82) is 0 Å². The van der Waals surface area contributed by atoms with Gasteiger partial charge in [0.2, 0.25) is 0 Å². The van der Waals surface area contributed by atoms with Crippen LogP contribution in [0, 0.1) is 5.92 Å². The zero-order chi connectivity index (χ0) is 13.8. The summed E-state index contributed by atoms with van der Waals surface area (Å²) in [4.78, 5) is 0. The SMILES string of the molecule is COCC(Nc1ccc(-c2ccccc2)cc1)C1CC1. The Morgan fingerprint density at radius 2 is 1.65 bits per heavy atom. The molecule has 0 aromatic heterocycles. The quantitative estimate of drug-likeness (QED) is 0.847. The molecule has 0 spiro atoms.